The van der Waals surface area contributed by atoms with Gasteiger partial charge < -0.3 is 20.5 Å². The van der Waals surface area contributed by atoms with E-state index in [1.807, 2.05) is 13.0 Å². The monoisotopic (exact) mass is 280 g/mol. The van der Waals surface area contributed by atoms with E-state index in [4.69, 9.17) is 4.74 Å². The molecule has 1 aromatic rings. The van der Waals surface area contributed by atoms with Gasteiger partial charge in [0, 0.05) is 20.3 Å². The van der Waals surface area contributed by atoms with Crippen molar-refractivity contribution in [2.75, 3.05) is 25.6 Å². The van der Waals surface area contributed by atoms with E-state index in [0.717, 1.165) is 11.1 Å². The summed E-state index contributed by atoms with van der Waals surface area (Å²) in [6.07, 6.45) is 0.697. The molecule has 0 bridgehead atoms. The van der Waals surface area contributed by atoms with Crippen LogP contribution in [0.3, 0.4) is 0 Å². The maximum Gasteiger partial charge on any atom is 0.337 e. The van der Waals surface area contributed by atoms with Gasteiger partial charge in [0.15, 0.2) is 0 Å². The minimum atomic E-state index is -1.06. The van der Waals surface area contributed by atoms with E-state index in [9.17, 15) is 14.7 Å². The molecule has 0 spiro atoms. The molecule has 6 heteroatoms. The Balaban J connectivity index is 2.76. The number of benzene rings is 1. The fourth-order valence-corrected chi connectivity index (χ4v) is 1.88. The molecule has 0 aromatic heterocycles. The minimum absolute atomic E-state index is 0.0922. The van der Waals surface area contributed by atoms with Crippen LogP contribution in [0.25, 0.3) is 0 Å². The number of carbonyl (C=O) groups is 2. The quantitative estimate of drug-likeness (QED) is 0.697. The summed E-state index contributed by atoms with van der Waals surface area (Å²) in [6.45, 7) is 4.60. The SMILES string of the molecule is COCCCNC(=O)Nc1c(C)cc(C)cc1C(=O)O. The molecular weight excluding hydrogens is 260 g/mol. The van der Waals surface area contributed by atoms with Crippen molar-refractivity contribution >= 4 is 17.7 Å². The van der Waals surface area contributed by atoms with Gasteiger partial charge in [-0.1, -0.05) is 6.07 Å². The van der Waals surface area contributed by atoms with Gasteiger partial charge in [-0.05, 0) is 37.5 Å². The molecule has 0 heterocycles. The van der Waals surface area contributed by atoms with Crippen LogP contribution in [-0.2, 0) is 4.74 Å². The third-order valence-electron chi connectivity index (χ3n) is 2.76. The van der Waals surface area contributed by atoms with Crippen LogP contribution in [0.15, 0.2) is 12.1 Å². The first-order valence-electron chi connectivity index (χ1n) is 6.34. The number of aryl methyl sites for hydroxylation is 2. The number of carboxylic acid groups (broad SMARTS) is 1. The van der Waals surface area contributed by atoms with E-state index in [1.54, 1.807) is 14.0 Å². The Bertz CT molecular complexity index is 500. The number of carboxylic acids is 1. The van der Waals surface area contributed by atoms with E-state index in [0.29, 0.717) is 25.3 Å². The van der Waals surface area contributed by atoms with Crippen molar-refractivity contribution in [3.05, 3.63) is 28.8 Å². The maximum absolute atomic E-state index is 11.7. The summed E-state index contributed by atoms with van der Waals surface area (Å²) in [7, 11) is 1.59. The predicted molar refractivity (Wildman–Crippen MR) is 76.4 cm³/mol. The Morgan fingerprint density at radius 2 is 2.00 bits per heavy atom. The number of aromatic carboxylic acids is 1. The average Bonchev–Trinajstić information content (AvgIpc) is 2.37. The first-order chi connectivity index (χ1) is 9.45. The number of methoxy groups -OCH3 is 1. The van der Waals surface area contributed by atoms with Crippen molar-refractivity contribution in [3.8, 4) is 0 Å². The Kier molecular flexibility index (Phi) is 5.99. The second kappa shape index (κ2) is 7.49. The average molecular weight is 280 g/mol. The first kappa shape index (κ1) is 16.0. The highest BCUT2D eigenvalue weighted by Crippen LogP contribution is 2.22. The number of nitrogens with one attached hydrogen (secondary N) is 2. The first-order valence-corrected chi connectivity index (χ1v) is 6.34. The molecule has 3 N–H and O–H groups in total. The molecule has 6 nitrogen and oxygen atoms in total. The van der Waals surface area contributed by atoms with Gasteiger partial charge in [-0.2, -0.15) is 0 Å². The molecule has 0 aliphatic rings. The maximum atomic E-state index is 11.7. The van der Waals surface area contributed by atoms with E-state index < -0.39 is 12.0 Å². The number of carbonyl (C=O) groups excluding carboxylic acids is 1. The highest BCUT2D eigenvalue weighted by atomic mass is 16.5. The van der Waals surface area contributed by atoms with Crippen LogP contribution in [0.2, 0.25) is 0 Å². The lowest BCUT2D eigenvalue weighted by atomic mass is 10.0. The molecule has 20 heavy (non-hydrogen) atoms. The molecule has 0 unspecified atom stereocenters. The molecule has 110 valence electrons. The van der Waals surface area contributed by atoms with E-state index >= 15 is 0 Å². The van der Waals surface area contributed by atoms with Crippen molar-refractivity contribution in [2.45, 2.75) is 20.3 Å². The van der Waals surface area contributed by atoms with Crippen LogP contribution in [0.1, 0.15) is 27.9 Å². The Labute approximate surface area is 118 Å². The lowest BCUT2D eigenvalue weighted by molar-refractivity contribution is 0.0698. The smallest absolute Gasteiger partial charge is 0.337 e. The second-order valence-electron chi connectivity index (χ2n) is 4.54. The summed E-state index contributed by atoms with van der Waals surface area (Å²) in [5, 5.41) is 14.4. The Morgan fingerprint density at radius 3 is 2.60 bits per heavy atom. The summed E-state index contributed by atoms with van der Waals surface area (Å²) in [5.74, 6) is -1.06. The summed E-state index contributed by atoms with van der Waals surface area (Å²) in [6, 6.07) is 2.94. The Morgan fingerprint density at radius 1 is 1.30 bits per heavy atom. The van der Waals surface area contributed by atoms with Gasteiger partial charge in [-0.25, -0.2) is 9.59 Å². The molecule has 0 aliphatic carbocycles. The molecule has 2 amide bonds. The van der Waals surface area contributed by atoms with Crippen LogP contribution in [0, 0.1) is 13.8 Å². The number of urea groups is 1. The molecule has 0 saturated heterocycles. The van der Waals surface area contributed by atoms with Crippen LogP contribution < -0.4 is 10.6 Å². The van der Waals surface area contributed by atoms with Crippen molar-refractivity contribution in [1.82, 2.24) is 5.32 Å². The fourth-order valence-electron chi connectivity index (χ4n) is 1.88. The lowest BCUT2D eigenvalue weighted by Crippen LogP contribution is -2.31. The van der Waals surface area contributed by atoms with Gasteiger partial charge in [0.05, 0.1) is 11.3 Å². The number of rotatable bonds is 6. The van der Waals surface area contributed by atoms with Gasteiger partial charge >= 0.3 is 12.0 Å². The fraction of sp³-hybridized carbons (Fsp3) is 0.429. The van der Waals surface area contributed by atoms with Crippen molar-refractivity contribution in [2.24, 2.45) is 0 Å². The van der Waals surface area contributed by atoms with Crippen molar-refractivity contribution in [3.63, 3.8) is 0 Å². The van der Waals surface area contributed by atoms with E-state index in [-0.39, 0.29) is 5.56 Å². The minimum Gasteiger partial charge on any atom is -0.478 e. The molecule has 0 atom stereocenters. The summed E-state index contributed by atoms with van der Waals surface area (Å²) >= 11 is 0. The zero-order valence-electron chi connectivity index (χ0n) is 11.9. The molecule has 0 radical (unpaired) electrons. The van der Waals surface area contributed by atoms with Gasteiger partial charge in [0.2, 0.25) is 0 Å². The van der Waals surface area contributed by atoms with Gasteiger partial charge in [0.1, 0.15) is 0 Å². The van der Waals surface area contributed by atoms with Crippen molar-refractivity contribution < 1.29 is 19.4 Å². The predicted octanol–water partition coefficient (Wildman–Crippen LogP) is 2.16. The number of amides is 2. The van der Waals surface area contributed by atoms with Crippen LogP contribution in [0.4, 0.5) is 10.5 Å². The van der Waals surface area contributed by atoms with Crippen LogP contribution >= 0.6 is 0 Å². The van der Waals surface area contributed by atoms with E-state index in [2.05, 4.69) is 10.6 Å². The largest absolute Gasteiger partial charge is 0.478 e. The molecule has 1 rings (SSSR count). The van der Waals surface area contributed by atoms with Gasteiger partial charge in [-0.15, -0.1) is 0 Å². The molecule has 0 aliphatic heterocycles. The molecule has 0 fully saturated rings. The lowest BCUT2D eigenvalue weighted by Gasteiger charge is -2.13. The summed E-state index contributed by atoms with van der Waals surface area (Å²) in [5.41, 5.74) is 1.97. The van der Waals surface area contributed by atoms with Gasteiger partial charge in [-0.3, -0.25) is 0 Å². The van der Waals surface area contributed by atoms with Crippen molar-refractivity contribution in [1.29, 1.82) is 0 Å². The highest BCUT2D eigenvalue weighted by Gasteiger charge is 2.15. The standard InChI is InChI=1S/C14H20N2O4/c1-9-7-10(2)12(11(8-9)13(17)18)16-14(19)15-5-4-6-20-3/h7-8H,4-6H2,1-3H3,(H,17,18)(H2,15,16,19). The van der Waals surface area contributed by atoms with Gasteiger partial charge in [0.25, 0.3) is 0 Å². The number of hydrogen-bond acceptors (Lipinski definition) is 3. The molecule has 1 aromatic carbocycles. The topological polar surface area (TPSA) is 87.7 Å². The zero-order valence-corrected chi connectivity index (χ0v) is 11.9. The summed E-state index contributed by atoms with van der Waals surface area (Å²) < 4.78 is 4.88. The second-order valence-corrected chi connectivity index (χ2v) is 4.54. The third-order valence-corrected chi connectivity index (χ3v) is 2.76. The molecule has 0 saturated carbocycles. The molecular formula is C14H20N2O4. The highest BCUT2D eigenvalue weighted by molar-refractivity contribution is 6.01. The van der Waals surface area contributed by atoms with E-state index in [1.165, 1.54) is 6.07 Å². The van der Waals surface area contributed by atoms with Crippen LogP contribution in [-0.4, -0.2) is 37.4 Å². The zero-order chi connectivity index (χ0) is 15.1. The number of ether oxygens (including phenoxy) is 1. The Hall–Kier alpha value is -2.08. The normalized spacial score (nSPS) is 10.2. The third kappa shape index (κ3) is 4.55. The number of anilines is 1. The summed E-state index contributed by atoms with van der Waals surface area (Å²) in [4.78, 5) is 23.0. The van der Waals surface area contributed by atoms with Crippen LogP contribution in [0.5, 0.6) is 0 Å². The number of hydrogen-bond donors (Lipinski definition) is 3.